The molecular weight excluding hydrogens is 342 g/mol. The molecule has 0 aliphatic rings. The second kappa shape index (κ2) is 8.27. The molecule has 0 spiro atoms. The Hall–Kier alpha value is -3.47. The Balaban J connectivity index is 1.72. The molecule has 0 atom stereocenters. The topological polar surface area (TPSA) is 65.5 Å². The van der Waals surface area contributed by atoms with Crippen LogP contribution in [-0.2, 0) is 11.3 Å². The van der Waals surface area contributed by atoms with Crippen molar-refractivity contribution < 1.29 is 19.1 Å². The number of rotatable bonds is 5. The zero-order valence-corrected chi connectivity index (χ0v) is 15.1. The van der Waals surface area contributed by atoms with Gasteiger partial charge in [-0.1, -0.05) is 30.3 Å². The van der Waals surface area contributed by atoms with Gasteiger partial charge in [0.2, 0.25) is 0 Å². The van der Waals surface area contributed by atoms with Crippen molar-refractivity contribution in [3.63, 3.8) is 0 Å². The van der Waals surface area contributed by atoms with E-state index in [1.54, 1.807) is 44.3 Å². The maximum Gasteiger partial charge on any atom is 0.345 e. The Labute approximate surface area is 157 Å². The number of pyridine rings is 1. The van der Waals surface area contributed by atoms with Gasteiger partial charge >= 0.3 is 11.9 Å². The zero-order valence-electron chi connectivity index (χ0n) is 15.1. The standard InChI is InChI=1S/C22H19NO4/c1-15-11-19(21(24)26-14-17-7-4-3-5-8-17)12-16(2)20(15)27-22(25)18-9-6-10-23-13-18/h3-13H,14H2,1-2H3. The number of ether oxygens (including phenoxy) is 2. The molecule has 0 saturated heterocycles. The minimum absolute atomic E-state index is 0.204. The molecule has 2 aromatic carbocycles. The molecular formula is C22H19NO4. The summed E-state index contributed by atoms with van der Waals surface area (Å²) in [5, 5.41) is 0. The number of hydrogen-bond acceptors (Lipinski definition) is 5. The average Bonchev–Trinajstić information content (AvgIpc) is 2.70. The number of nitrogens with zero attached hydrogens (tertiary/aromatic N) is 1. The Kier molecular flexibility index (Phi) is 5.61. The summed E-state index contributed by atoms with van der Waals surface area (Å²) in [6.07, 6.45) is 3.03. The Bertz CT molecular complexity index is 930. The van der Waals surface area contributed by atoms with Gasteiger partial charge in [-0.15, -0.1) is 0 Å². The lowest BCUT2D eigenvalue weighted by atomic mass is 10.1. The zero-order chi connectivity index (χ0) is 19.2. The van der Waals surface area contributed by atoms with Crippen molar-refractivity contribution in [2.75, 3.05) is 0 Å². The molecule has 136 valence electrons. The van der Waals surface area contributed by atoms with Crippen molar-refractivity contribution in [1.82, 2.24) is 4.98 Å². The maximum absolute atomic E-state index is 12.3. The van der Waals surface area contributed by atoms with Crippen LogP contribution in [0.1, 0.15) is 37.4 Å². The van der Waals surface area contributed by atoms with Gasteiger partial charge in [0.05, 0.1) is 11.1 Å². The van der Waals surface area contributed by atoms with E-state index in [2.05, 4.69) is 4.98 Å². The summed E-state index contributed by atoms with van der Waals surface area (Å²) in [6.45, 7) is 3.77. The number of benzene rings is 2. The van der Waals surface area contributed by atoms with Gasteiger partial charge < -0.3 is 9.47 Å². The van der Waals surface area contributed by atoms with Crippen LogP contribution in [0.5, 0.6) is 5.75 Å². The van der Waals surface area contributed by atoms with Crippen LogP contribution in [0.4, 0.5) is 0 Å². The van der Waals surface area contributed by atoms with Gasteiger partial charge in [-0.3, -0.25) is 4.98 Å². The van der Waals surface area contributed by atoms with E-state index in [1.165, 1.54) is 6.20 Å². The van der Waals surface area contributed by atoms with E-state index in [4.69, 9.17) is 9.47 Å². The summed E-state index contributed by atoms with van der Waals surface area (Å²) in [4.78, 5) is 28.5. The van der Waals surface area contributed by atoms with E-state index in [0.29, 0.717) is 28.0 Å². The number of carbonyl (C=O) groups excluding carboxylic acids is 2. The molecule has 1 heterocycles. The van der Waals surface area contributed by atoms with Gasteiger partial charge in [-0.25, -0.2) is 9.59 Å². The summed E-state index contributed by atoms with van der Waals surface area (Å²) in [6, 6.07) is 16.1. The van der Waals surface area contributed by atoms with Gasteiger partial charge in [0.15, 0.2) is 0 Å². The van der Waals surface area contributed by atoms with Crippen molar-refractivity contribution in [3.8, 4) is 5.75 Å². The summed E-state index contributed by atoms with van der Waals surface area (Å²) in [5.74, 6) is -0.479. The largest absolute Gasteiger partial charge is 0.457 e. The third kappa shape index (κ3) is 4.58. The fourth-order valence-electron chi connectivity index (χ4n) is 2.67. The van der Waals surface area contributed by atoms with Crippen molar-refractivity contribution in [1.29, 1.82) is 0 Å². The van der Waals surface area contributed by atoms with Crippen LogP contribution in [-0.4, -0.2) is 16.9 Å². The molecule has 0 aliphatic carbocycles. The second-order valence-corrected chi connectivity index (χ2v) is 6.13. The van der Waals surface area contributed by atoms with Crippen LogP contribution < -0.4 is 4.74 Å². The average molecular weight is 361 g/mol. The number of esters is 2. The van der Waals surface area contributed by atoms with E-state index in [1.807, 2.05) is 30.3 Å². The molecule has 0 bridgehead atoms. The quantitative estimate of drug-likeness (QED) is 0.501. The third-order valence-electron chi connectivity index (χ3n) is 4.00. The number of aryl methyl sites for hydroxylation is 2. The first-order chi connectivity index (χ1) is 13.0. The lowest BCUT2D eigenvalue weighted by molar-refractivity contribution is 0.0472. The van der Waals surface area contributed by atoms with E-state index < -0.39 is 11.9 Å². The molecule has 27 heavy (non-hydrogen) atoms. The molecule has 3 rings (SSSR count). The first kappa shape index (κ1) is 18.3. The van der Waals surface area contributed by atoms with E-state index in [-0.39, 0.29) is 6.61 Å². The molecule has 0 amide bonds. The molecule has 0 saturated carbocycles. The van der Waals surface area contributed by atoms with Crippen LogP contribution in [0.15, 0.2) is 67.0 Å². The highest BCUT2D eigenvalue weighted by molar-refractivity contribution is 5.92. The highest BCUT2D eigenvalue weighted by atomic mass is 16.5. The maximum atomic E-state index is 12.3. The van der Waals surface area contributed by atoms with Gasteiger partial charge in [0.25, 0.3) is 0 Å². The predicted molar refractivity (Wildman–Crippen MR) is 101 cm³/mol. The molecule has 0 N–H and O–H groups in total. The normalized spacial score (nSPS) is 10.3. The highest BCUT2D eigenvalue weighted by Crippen LogP contribution is 2.26. The SMILES string of the molecule is Cc1cc(C(=O)OCc2ccccc2)cc(C)c1OC(=O)c1cccnc1. The fourth-order valence-corrected chi connectivity index (χ4v) is 2.67. The lowest BCUT2D eigenvalue weighted by Gasteiger charge is -2.13. The highest BCUT2D eigenvalue weighted by Gasteiger charge is 2.16. The van der Waals surface area contributed by atoms with Crippen LogP contribution in [0, 0.1) is 13.8 Å². The molecule has 3 aromatic rings. The Morgan fingerprint density at radius 2 is 1.59 bits per heavy atom. The van der Waals surface area contributed by atoms with E-state index in [9.17, 15) is 9.59 Å². The summed E-state index contributed by atoms with van der Waals surface area (Å²) in [5.41, 5.74) is 3.06. The fraction of sp³-hybridized carbons (Fsp3) is 0.136. The summed E-state index contributed by atoms with van der Waals surface area (Å²) < 4.78 is 10.9. The number of hydrogen-bond donors (Lipinski definition) is 0. The summed E-state index contributed by atoms with van der Waals surface area (Å²) >= 11 is 0. The molecule has 0 unspecified atom stereocenters. The van der Waals surface area contributed by atoms with Crippen LogP contribution in [0.2, 0.25) is 0 Å². The minimum atomic E-state index is -0.492. The summed E-state index contributed by atoms with van der Waals surface area (Å²) in [7, 11) is 0. The lowest BCUT2D eigenvalue weighted by Crippen LogP contribution is -2.12. The number of aromatic nitrogens is 1. The van der Waals surface area contributed by atoms with Crippen molar-refractivity contribution in [3.05, 3.63) is 94.8 Å². The Morgan fingerprint density at radius 1 is 0.889 bits per heavy atom. The van der Waals surface area contributed by atoms with Crippen LogP contribution in [0.3, 0.4) is 0 Å². The Morgan fingerprint density at radius 3 is 2.22 bits per heavy atom. The first-order valence-electron chi connectivity index (χ1n) is 8.49. The smallest absolute Gasteiger partial charge is 0.345 e. The predicted octanol–water partition coefficient (Wildman–Crippen LogP) is 4.27. The third-order valence-corrected chi connectivity index (χ3v) is 4.00. The molecule has 1 aromatic heterocycles. The number of carbonyl (C=O) groups is 2. The first-order valence-corrected chi connectivity index (χ1v) is 8.49. The second-order valence-electron chi connectivity index (χ2n) is 6.13. The molecule has 0 radical (unpaired) electrons. The van der Waals surface area contributed by atoms with Gasteiger partial charge in [0, 0.05) is 12.4 Å². The van der Waals surface area contributed by atoms with Crippen molar-refractivity contribution in [2.45, 2.75) is 20.5 Å². The van der Waals surface area contributed by atoms with Gasteiger partial charge in [0.1, 0.15) is 12.4 Å². The van der Waals surface area contributed by atoms with Gasteiger partial charge in [-0.05, 0) is 54.8 Å². The van der Waals surface area contributed by atoms with E-state index >= 15 is 0 Å². The van der Waals surface area contributed by atoms with Gasteiger partial charge in [-0.2, -0.15) is 0 Å². The minimum Gasteiger partial charge on any atom is -0.457 e. The molecule has 0 fully saturated rings. The molecule has 5 heteroatoms. The molecule has 0 aliphatic heterocycles. The van der Waals surface area contributed by atoms with Crippen LogP contribution >= 0.6 is 0 Å². The molecule has 5 nitrogen and oxygen atoms in total. The monoisotopic (exact) mass is 361 g/mol. The van der Waals surface area contributed by atoms with Crippen LogP contribution in [0.25, 0.3) is 0 Å². The van der Waals surface area contributed by atoms with Crippen molar-refractivity contribution >= 4 is 11.9 Å². The van der Waals surface area contributed by atoms with E-state index in [0.717, 1.165) is 5.56 Å². The van der Waals surface area contributed by atoms with Crippen molar-refractivity contribution in [2.24, 2.45) is 0 Å².